The van der Waals surface area contributed by atoms with Crippen LogP contribution in [0.2, 0.25) is 0 Å². The lowest BCUT2D eigenvalue weighted by molar-refractivity contribution is 0.0583. The largest absolute Gasteiger partial charge is 0.491 e. The van der Waals surface area contributed by atoms with Crippen LogP contribution in [0.3, 0.4) is 0 Å². The number of ether oxygens (including phenoxy) is 1. The zero-order valence-corrected chi connectivity index (χ0v) is 12.3. The van der Waals surface area contributed by atoms with Crippen molar-refractivity contribution in [2.24, 2.45) is 5.92 Å². The van der Waals surface area contributed by atoms with Crippen LogP contribution in [-0.2, 0) is 0 Å². The Labute approximate surface area is 116 Å². The summed E-state index contributed by atoms with van der Waals surface area (Å²) in [6.45, 7) is 7.39. The summed E-state index contributed by atoms with van der Waals surface area (Å²) < 4.78 is 5.53. The fraction of sp³-hybridized carbons (Fsp3) is 0.600. The van der Waals surface area contributed by atoms with Gasteiger partial charge in [0.25, 0.3) is 0 Å². The van der Waals surface area contributed by atoms with Crippen molar-refractivity contribution in [2.75, 3.05) is 25.9 Å². The number of rotatable bonds is 7. The molecule has 0 spiro atoms. The van der Waals surface area contributed by atoms with Gasteiger partial charge in [-0.15, -0.1) is 0 Å². The van der Waals surface area contributed by atoms with E-state index < -0.39 is 6.10 Å². The number of nitrogens with zero attached hydrogens (tertiary/aromatic N) is 1. The number of anilines is 1. The van der Waals surface area contributed by atoms with Crippen LogP contribution in [0.5, 0.6) is 5.75 Å². The number of hydrogen-bond acceptors (Lipinski definition) is 4. The lowest BCUT2D eigenvalue weighted by Crippen LogP contribution is -2.40. The molecule has 0 bridgehead atoms. The van der Waals surface area contributed by atoms with Crippen molar-refractivity contribution in [1.29, 1.82) is 0 Å². The monoisotopic (exact) mass is 266 g/mol. The van der Waals surface area contributed by atoms with Gasteiger partial charge in [-0.25, -0.2) is 0 Å². The number of benzene rings is 1. The van der Waals surface area contributed by atoms with Gasteiger partial charge < -0.3 is 20.5 Å². The minimum atomic E-state index is -0.507. The molecular weight excluding hydrogens is 240 g/mol. The molecule has 2 unspecified atom stereocenters. The molecule has 108 valence electrons. The van der Waals surface area contributed by atoms with E-state index in [4.69, 9.17) is 10.5 Å². The summed E-state index contributed by atoms with van der Waals surface area (Å²) in [6, 6.07) is 7.67. The number of nitrogens with two attached hydrogens (primary N) is 1. The first-order valence-corrected chi connectivity index (χ1v) is 6.76. The van der Waals surface area contributed by atoms with Crippen LogP contribution in [0, 0.1) is 5.92 Å². The lowest BCUT2D eigenvalue weighted by Gasteiger charge is -2.29. The average molecular weight is 266 g/mol. The van der Waals surface area contributed by atoms with Crippen molar-refractivity contribution in [2.45, 2.75) is 32.9 Å². The Kier molecular flexibility index (Phi) is 6.12. The van der Waals surface area contributed by atoms with Gasteiger partial charge in [0.05, 0.1) is 0 Å². The topological polar surface area (TPSA) is 58.7 Å². The summed E-state index contributed by atoms with van der Waals surface area (Å²) >= 11 is 0. The van der Waals surface area contributed by atoms with Gasteiger partial charge in [0, 0.05) is 24.3 Å². The second kappa shape index (κ2) is 7.36. The van der Waals surface area contributed by atoms with E-state index in [0.29, 0.717) is 29.9 Å². The zero-order valence-electron chi connectivity index (χ0n) is 12.3. The summed E-state index contributed by atoms with van der Waals surface area (Å²) in [5.74, 6) is 1.26. The molecule has 0 aliphatic heterocycles. The molecule has 4 nitrogen and oxygen atoms in total. The van der Waals surface area contributed by atoms with E-state index >= 15 is 0 Å². The maximum Gasteiger partial charge on any atom is 0.121 e. The summed E-state index contributed by atoms with van der Waals surface area (Å²) in [6.07, 6.45) is -0.507. The lowest BCUT2D eigenvalue weighted by atomic mass is 10.1. The first kappa shape index (κ1) is 15.8. The summed E-state index contributed by atoms with van der Waals surface area (Å²) in [4.78, 5) is 2.15. The van der Waals surface area contributed by atoms with Crippen LogP contribution in [0.15, 0.2) is 24.3 Å². The van der Waals surface area contributed by atoms with Crippen molar-refractivity contribution in [1.82, 2.24) is 4.90 Å². The molecule has 3 N–H and O–H groups in total. The maximum atomic E-state index is 9.98. The number of hydrogen-bond donors (Lipinski definition) is 2. The van der Waals surface area contributed by atoms with E-state index in [0.717, 1.165) is 0 Å². The van der Waals surface area contributed by atoms with Crippen LogP contribution in [0.25, 0.3) is 0 Å². The molecular formula is C15H26N2O2. The highest BCUT2D eigenvalue weighted by atomic mass is 16.5. The molecule has 0 aromatic heterocycles. The van der Waals surface area contributed by atoms with Crippen molar-refractivity contribution in [3.8, 4) is 5.75 Å². The quantitative estimate of drug-likeness (QED) is 0.741. The Morgan fingerprint density at radius 2 is 2.00 bits per heavy atom. The van der Waals surface area contributed by atoms with Crippen molar-refractivity contribution >= 4 is 5.69 Å². The first-order chi connectivity index (χ1) is 8.90. The van der Waals surface area contributed by atoms with Crippen LogP contribution >= 0.6 is 0 Å². The van der Waals surface area contributed by atoms with Gasteiger partial charge in [0.2, 0.25) is 0 Å². The Bertz CT molecular complexity index is 382. The molecule has 0 saturated carbocycles. The maximum absolute atomic E-state index is 9.98. The van der Waals surface area contributed by atoms with E-state index in [-0.39, 0.29) is 6.61 Å². The molecule has 4 heteroatoms. The molecule has 0 aliphatic rings. The number of aliphatic hydroxyl groups is 1. The highest BCUT2D eigenvalue weighted by Crippen LogP contribution is 2.15. The molecule has 0 heterocycles. The average Bonchev–Trinajstić information content (AvgIpc) is 2.35. The predicted octanol–water partition coefficient (Wildman–Crippen LogP) is 1.98. The molecule has 0 fully saturated rings. The van der Waals surface area contributed by atoms with E-state index in [2.05, 4.69) is 25.7 Å². The van der Waals surface area contributed by atoms with Crippen molar-refractivity contribution < 1.29 is 9.84 Å². The third-order valence-corrected chi connectivity index (χ3v) is 3.46. The molecule has 19 heavy (non-hydrogen) atoms. The van der Waals surface area contributed by atoms with Gasteiger partial charge in [-0.3, -0.25) is 0 Å². The highest BCUT2D eigenvalue weighted by Gasteiger charge is 2.16. The van der Waals surface area contributed by atoms with Crippen molar-refractivity contribution in [3.63, 3.8) is 0 Å². The number of nitrogen functional groups attached to an aromatic ring is 1. The highest BCUT2D eigenvalue weighted by molar-refractivity contribution is 5.43. The molecule has 1 rings (SSSR count). The van der Waals surface area contributed by atoms with Gasteiger partial charge in [0.15, 0.2) is 0 Å². The second-order valence-electron chi connectivity index (χ2n) is 5.46. The fourth-order valence-corrected chi connectivity index (χ4v) is 1.86. The summed E-state index contributed by atoms with van der Waals surface area (Å²) in [5.41, 5.74) is 6.33. The second-order valence-corrected chi connectivity index (χ2v) is 5.46. The van der Waals surface area contributed by atoms with Gasteiger partial charge in [-0.05, 0) is 32.0 Å². The zero-order chi connectivity index (χ0) is 14.4. The molecule has 0 radical (unpaired) electrons. The predicted molar refractivity (Wildman–Crippen MR) is 79.3 cm³/mol. The SMILES string of the molecule is CC(C)C(C)N(C)CC(O)COc1cccc(N)c1. The van der Waals surface area contributed by atoms with Gasteiger partial charge in [-0.1, -0.05) is 19.9 Å². The number of aliphatic hydroxyl groups excluding tert-OH is 1. The normalized spacial score (nSPS) is 14.7. The van der Waals surface area contributed by atoms with Gasteiger partial charge in [0.1, 0.15) is 18.5 Å². The van der Waals surface area contributed by atoms with Crippen LogP contribution < -0.4 is 10.5 Å². The first-order valence-electron chi connectivity index (χ1n) is 6.76. The number of likely N-dealkylation sites (N-methyl/N-ethyl adjacent to an activating group) is 1. The van der Waals surface area contributed by atoms with E-state index in [1.54, 1.807) is 12.1 Å². The third kappa shape index (κ3) is 5.49. The Morgan fingerprint density at radius 1 is 1.32 bits per heavy atom. The van der Waals surface area contributed by atoms with E-state index in [1.807, 2.05) is 19.2 Å². The van der Waals surface area contributed by atoms with Crippen LogP contribution in [-0.4, -0.2) is 42.4 Å². The molecule has 1 aromatic carbocycles. The third-order valence-electron chi connectivity index (χ3n) is 3.46. The Hall–Kier alpha value is -1.26. The fourth-order valence-electron chi connectivity index (χ4n) is 1.86. The standard InChI is InChI=1S/C15H26N2O2/c1-11(2)12(3)17(4)9-14(18)10-19-15-7-5-6-13(16)8-15/h5-8,11-12,14,18H,9-10,16H2,1-4H3. The Balaban J connectivity index is 2.37. The molecule has 2 atom stereocenters. The van der Waals surface area contributed by atoms with E-state index in [9.17, 15) is 5.11 Å². The molecule has 1 aromatic rings. The van der Waals surface area contributed by atoms with Crippen LogP contribution in [0.1, 0.15) is 20.8 Å². The van der Waals surface area contributed by atoms with Crippen LogP contribution in [0.4, 0.5) is 5.69 Å². The smallest absolute Gasteiger partial charge is 0.121 e. The van der Waals surface area contributed by atoms with Gasteiger partial charge >= 0.3 is 0 Å². The minimum Gasteiger partial charge on any atom is -0.491 e. The molecule has 0 saturated heterocycles. The molecule has 0 amide bonds. The van der Waals surface area contributed by atoms with Crippen molar-refractivity contribution in [3.05, 3.63) is 24.3 Å². The van der Waals surface area contributed by atoms with E-state index in [1.165, 1.54) is 0 Å². The van der Waals surface area contributed by atoms with Gasteiger partial charge in [-0.2, -0.15) is 0 Å². The Morgan fingerprint density at radius 3 is 2.58 bits per heavy atom. The minimum absolute atomic E-state index is 0.276. The molecule has 0 aliphatic carbocycles. The summed E-state index contributed by atoms with van der Waals surface area (Å²) in [5, 5.41) is 9.98. The summed E-state index contributed by atoms with van der Waals surface area (Å²) in [7, 11) is 2.02.